The Morgan fingerprint density at radius 3 is 2.62 bits per heavy atom. The molecule has 3 heterocycles. The first-order valence-corrected chi connectivity index (χ1v) is 13.3. The van der Waals surface area contributed by atoms with Crippen LogP contribution in [0, 0.1) is 0 Å². The monoisotopic (exact) mass is 534 g/mol. The number of nitrogens with one attached hydrogen (secondary N) is 1. The minimum Gasteiger partial charge on any atom is -0.497 e. The Labute approximate surface area is 228 Å². The highest BCUT2D eigenvalue weighted by molar-refractivity contribution is 7.07. The quantitative estimate of drug-likeness (QED) is 0.364. The van der Waals surface area contributed by atoms with Gasteiger partial charge in [-0.1, -0.05) is 59.9 Å². The first kappa shape index (κ1) is 24.6. The van der Waals surface area contributed by atoms with E-state index in [-0.39, 0.29) is 11.5 Å². The third kappa shape index (κ3) is 4.38. The summed E-state index contributed by atoms with van der Waals surface area (Å²) in [4.78, 5) is 33.0. The maximum absolute atomic E-state index is 14.0. The summed E-state index contributed by atoms with van der Waals surface area (Å²) >= 11 is 1.33. The third-order valence-corrected chi connectivity index (χ3v) is 7.90. The molecule has 1 atom stereocenters. The Morgan fingerprint density at radius 1 is 1.05 bits per heavy atom. The number of nitrogens with zero attached hydrogens (tertiary/aromatic N) is 3. The van der Waals surface area contributed by atoms with Crippen molar-refractivity contribution >= 4 is 39.9 Å². The smallest absolute Gasteiger partial charge is 0.271 e. The molecule has 0 radical (unpaired) electrons. The zero-order chi connectivity index (χ0) is 27.1. The van der Waals surface area contributed by atoms with Gasteiger partial charge < -0.3 is 14.6 Å². The van der Waals surface area contributed by atoms with E-state index in [1.54, 1.807) is 11.7 Å². The fraction of sp³-hybridized carbons (Fsp3) is 0.129. The van der Waals surface area contributed by atoms with Gasteiger partial charge in [-0.05, 0) is 48.9 Å². The highest BCUT2D eigenvalue weighted by Gasteiger charge is 2.32. The molecule has 6 rings (SSSR count). The zero-order valence-corrected chi connectivity index (χ0v) is 22.5. The number of amides is 1. The molecule has 0 fully saturated rings. The van der Waals surface area contributed by atoms with Crippen LogP contribution in [0.2, 0.25) is 0 Å². The molecule has 0 saturated carbocycles. The number of hydrogen-bond acceptors (Lipinski definition) is 5. The van der Waals surface area contributed by atoms with E-state index in [9.17, 15) is 9.59 Å². The van der Waals surface area contributed by atoms with Gasteiger partial charge in [0.2, 0.25) is 0 Å². The number of aromatic nitrogens is 2. The van der Waals surface area contributed by atoms with E-state index in [1.165, 1.54) is 11.3 Å². The molecule has 0 aliphatic carbocycles. The average Bonchev–Trinajstić information content (AvgIpc) is 3.43. The number of carbonyl (C=O) groups excluding carboxylic acids is 1. The largest absolute Gasteiger partial charge is 0.497 e. The zero-order valence-electron chi connectivity index (χ0n) is 21.7. The van der Waals surface area contributed by atoms with Gasteiger partial charge in [-0.3, -0.25) is 14.2 Å². The highest BCUT2D eigenvalue weighted by atomic mass is 32.1. The highest BCUT2D eigenvalue weighted by Crippen LogP contribution is 2.32. The van der Waals surface area contributed by atoms with E-state index in [2.05, 4.69) is 11.4 Å². The van der Waals surface area contributed by atoms with Crippen LogP contribution in [0.3, 0.4) is 0 Å². The van der Waals surface area contributed by atoms with Crippen LogP contribution in [0.1, 0.15) is 24.1 Å². The van der Waals surface area contributed by atoms with E-state index in [0.29, 0.717) is 32.0 Å². The maximum Gasteiger partial charge on any atom is 0.271 e. The van der Waals surface area contributed by atoms with Gasteiger partial charge in [0.25, 0.3) is 11.5 Å². The van der Waals surface area contributed by atoms with Gasteiger partial charge in [0.15, 0.2) is 4.80 Å². The second-order valence-electron chi connectivity index (χ2n) is 9.39. The molecular weight excluding hydrogens is 508 g/mol. The fourth-order valence-electron chi connectivity index (χ4n) is 5.09. The number of benzene rings is 3. The van der Waals surface area contributed by atoms with E-state index >= 15 is 0 Å². The van der Waals surface area contributed by atoms with Crippen molar-refractivity contribution in [2.24, 2.45) is 12.0 Å². The van der Waals surface area contributed by atoms with Crippen LogP contribution in [0.5, 0.6) is 5.75 Å². The first-order valence-electron chi connectivity index (χ1n) is 12.5. The summed E-state index contributed by atoms with van der Waals surface area (Å²) in [6, 6.07) is 24.2. The van der Waals surface area contributed by atoms with Crippen LogP contribution in [0.15, 0.2) is 106 Å². The maximum atomic E-state index is 14.0. The predicted molar refractivity (Wildman–Crippen MR) is 155 cm³/mol. The Morgan fingerprint density at radius 2 is 1.82 bits per heavy atom. The molecule has 0 bridgehead atoms. The summed E-state index contributed by atoms with van der Waals surface area (Å²) in [5.74, 6) is 0.335. The number of methoxy groups -OCH3 is 1. The lowest BCUT2D eigenvalue weighted by atomic mass is 9.95. The number of allylic oxidation sites excluding steroid dienone is 1. The van der Waals surface area contributed by atoms with Crippen LogP contribution in [0.25, 0.3) is 17.0 Å². The Balaban J connectivity index is 1.54. The number of thiazole rings is 1. The van der Waals surface area contributed by atoms with Crippen molar-refractivity contribution in [2.45, 2.75) is 13.0 Å². The number of hydrogen-bond donors (Lipinski definition) is 1. The molecule has 0 unspecified atom stereocenters. The first-order chi connectivity index (χ1) is 18.9. The SMILES string of the molecule is COc1cccc([C@@H]2C(C(=O)Nc3ccccc3)=C(C)N=c3s/c(=C\c4cn(C)c5ccccc45)c(=O)n32)c1. The fourth-order valence-corrected chi connectivity index (χ4v) is 6.13. The van der Waals surface area contributed by atoms with Gasteiger partial charge in [0.05, 0.1) is 29.0 Å². The minimum absolute atomic E-state index is 0.197. The van der Waals surface area contributed by atoms with Crippen LogP contribution in [-0.2, 0) is 11.8 Å². The number of ether oxygens (including phenoxy) is 1. The molecule has 1 amide bonds. The van der Waals surface area contributed by atoms with Crippen LogP contribution in [-0.4, -0.2) is 22.2 Å². The molecule has 1 N–H and O–H groups in total. The van der Waals surface area contributed by atoms with Gasteiger partial charge in [-0.2, -0.15) is 0 Å². The Hall–Kier alpha value is -4.69. The van der Waals surface area contributed by atoms with Gasteiger partial charge >= 0.3 is 0 Å². The summed E-state index contributed by atoms with van der Waals surface area (Å²) in [5.41, 5.74) is 4.25. The molecule has 8 heteroatoms. The number of carbonyl (C=O) groups is 1. The second-order valence-corrected chi connectivity index (χ2v) is 10.4. The molecule has 1 aliphatic heterocycles. The number of fused-ring (bicyclic) bond motifs is 2. The standard InChI is InChI=1S/C31H26N4O3S/c1-19-27(29(36)33-22-11-5-4-6-12-22)28(20-10-9-13-23(16-20)38-3)35-30(37)26(39-31(35)32-19)17-21-18-34(2)25-15-8-7-14-24(21)25/h4-18,28H,1-3H3,(H,33,36)/b26-17-/t28-/m1/s1. The minimum atomic E-state index is -0.672. The average molecular weight is 535 g/mol. The number of rotatable bonds is 5. The molecule has 2 aromatic heterocycles. The second kappa shape index (κ2) is 9.89. The van der Waals surface area contributed by atoms with E-state index in [0.717, 1.165) is 22.0 Å². The normalized spacial score (nSPS) is 15.3. The third-order valence-electron chi connectivity index (χ3n) is 6.92. The Kier molecular flexibility index (Phi) is 6.24. The molecule has 39 heavy (non-hydrogen) atoms. The van der Waals surface area contributed by atoms with Gasteiger partial charge in [-0.15, -0.1) is 0 Å². The van der Waals surface area contributed by atoms with Crippen molar-refractivity contribution in [3.05, 3.63) is 127 Å². The van der Waals surface area contributed by atoms with E-state index in [1.807, 2.05) is 104 Å². The van der Waals surface area contributed by atoms with Gasteiger partial charge in [0.1, 0.15) is 5.75 Å². The van der Waals surface area contributed by atoms with Crippen molar-refractivity contribution in [1.82, 2.24) is 9.13 Å². The van der Waals surface area contributed by atoms with Crippen molar-refractivity contribution in [3.8, 4) is 5.75 Å². The molecule has 7 nitrogen and oxygen atoms in total. The summed E-state index contributed by atoms with van der Waals surface area (Å²) in [6.07, 6.45) is 3.93. The van der Waals surface area contributed by atoms with Crippen molar-refractivity contribution < 1.29 is 9.53 Å². The molecule has 0 saturated heterocycles. The molecule has 3 aromatic carbocycles. The molecular formula is C31H26N4O3S. The van der Waals surface area contributed by atoms with E-state index < -0.39 is 6.04 Å². The molecule has 5 aromatic rings. The number of aryl methyl sites for hydroxylation is 1. The summed E-state index contributed by atoms with van der Waals surface area (Å²) in [5, 5.41) is 4.04. The number of anilines is 1. The summed E-state index contributed by atoms with van der Waals surface area (Å²) in [6.45, 7) is 1.81. The topological polar surface area (TPSA) is 77.6 Å². The van der Waals surface area contributed by atoms with Crippen LogP contribution < -0.4 is 24.9 Å². The molecule has 0 spiro atoms. The van der Waals surface area contributed by atoms with Crippen molar-refractivity contribution in [3.63, 3.8) is 0 Å². The van der Waals surface area contributed by atoms with Crippen LogP contribution >= 0.6 is 11.3 Å². The van der Waals surface area contributed by atoms with Gasteiger partial charge in [0, 0.05) is 35.4 Å². The van der Waals surface area contributed by atoms with E-state index in [4.69, 9.17) is 9.73 Å². The Bertz CT molecular complexity index is 1950. The summed E-state index contributed by atoms with van der Waals surface area (Å²) < 4.78 is 9.70. The molecule has 194 valence electrons. The lowest BCUT2D eigenvalue weighted by Crippen LogP contribution is -2.40. The van der Waals surface area contributed by atoms with Crippen LogP contribution in [0.4, 0.5) is 5.69 Å². The van der Waals surface area contributed by atoms with Gasteiger partial charge in [-0.25, -0.2) is 4.99 Å². The van der Waals surface area contributed by atoms with Crippen molar-refractivity contribution in [1.29, 1.82) is 0 Å². The lowest BCUT2D eigenvalue weighted by Gasteiger charge is -2.25. The predicted octanol–water partition coefficient (Wildman–Crippen LogP) is 4.37. The molecule has 1 aliphatic rings. The lowest BCUT2D eigenvalue weighted by molar-refractivity contribution is -0.113. The van der Waals surface area contributed by atoms with Crippen molar-refractivity contribution in [2.75, 3.05) is 12.4 Å². The summed E-state index contributed by atoms with van der Waals surface area (Å²) in [7, 11) is 3.59. The number of para-hydroxylation sites is 2.